The van der Waals surface area contributed by atoms with E-state index >= 15 is 0 Å². The van der Waals surface area contributed by atoms with E-state index in [1.54, 1.807) is 5.57 Å². The Balaban J connectivity index is 2.03. The van der Waals surface area contributed by atoms with Crippen molar-refractivity contribution in [2.45, 2.75) is 46.0 Å². The standard InChI is InChI=1S/C17H24/c1-14(2)11-12-15-7-6-10-17(13-15)16-8-4-3-5-9-16/h3-5,8-9,13-15H,6-7,10-12H2,1-2H3. The molecule has 92 valence electrons. The predicted octanol–water partition coefficient (Wildman–Crippen LogP) is 5.31. The minimum atomic E-state index is 0.821. The lowest BCUT2D eigenvalue weighted by Crippen LogP contribution is -2.05. The molecule has 0 radical (unpaired) electrons. The molecule has 0 spiro atoms. The van der Waals surface area contributed by atoms with Crippen LogP contribution in [0.3, 0.4) is 0 Å². The summed E-state index contributed by atoms with van der Waals surface area (Å²) >= 11 is 0. The zero-order valence-corrected chi connectivity index (χ0v) is 11.2. The average Bonchev–Trinajstić information content (AvgIpc) is 2.38. The van der Waals surface area contributed by atoms with Crippen LogP contribution in [-0.2, 0) is 0 Å². The molecule has 1 atom stereocenters. The van der Waals surface area contributed by atoms with Crippen LogP contribution < -0.4 is 0 Å². The Bertz CT molecular complexity index is 359. The highest BCUT2D eigenvalue weighted by Gasteiger charge is 2.14. The van der Waals surface area contributed by atoms with E-state index in [4.69, 9.17) is 0 Å². The molecule has 17 heavy (non-hydrogen) atoms. The molecule has 1 unspecified atom stereocenters. The Morgan fingerprint density at radius 2 is 1.94 bits per heavy atom. The SMILES string of the molecule is CC(C)CCC1C=C(c2ccccc2)CCC1. The van der Waals surface area contributed by atoms with Gasteiger partial charge in [0, 0.05) is 0 Å². The Hall–Kier alpha value is -1.04. The van der Waals surface area contributed by atoms with Gasteiger partial charge >= 0.3 is 0 Å². The van der Waals surface area contributed by atoms with E-state index in [9.17, 15) is 0 Å². The van der Waals surface area contributed by atoms with Crippen LogP contribution in [0.4, 0.5) is 0 Å². The average molecular weight is 228 g/mol. The van der Waals surface area contributed by atoms with Gasteiger partial charge in [-0.15, -0.1) is 0 Å². The number of hydrogen-bond acceptors (Lipinski definition) is 0. The van der Waals surface area contributed by atoms with E-state index < -0.39 is 0 Å². The lowest BCUT2D eigenvalue weighted by Gasteiger charge is -2.22. The van der Waals surface area contributed by atoms with Gasteiger partial charge in [-0.25, -0.2) is 0 Å². The molecule has 0 N–H and O–H groups in total. The molecule has 0 fully saturated rings. The quantitative estimate of drug-likeness (QED) is 0.655. The van der Waals surface area contributed by atoms with E-state index in [1.807, 2.05) is 0 Å². The van der Waals surface area contributed by atoms with Gasteiger partial charge in [-0.05, 0) is 48.7 Å². The topological polar surface area (TPSA) is 0 Å². The van der Waals surface area contributed by atoms with Gasteiger partial charge < -0.3 is 0 Å². The fourth-order valence-corrected chi connectivity index (χ4v) is 2.67. The summed E-state index contributed by atoms with van der Waals surface area (Å²) in [5.41, 5.74) is 3.01. The molecule has 0 aliphatic heterocycles. The van der Waals surface area contributed by atoms with Crippen LogP contribution in [0, 0.1) is 11.8 Å². The molecule has 1 aromatic rings. The third-order valence-corrected chi connectivity index (χ3v) is 3.72. The smallest absolute Gasteiger partial charge is 0.0227 e. The van der Waals surface area contributed by atoms with E-state index in [-0.39, 0.29) is 0 Å². The van der Waals surface area contributed by atoms with Crippen LogP contribution >= 0.6 is 0 Å². The van der Waals surface area contributed by atoms with Crippen molar-refractivity contribution < 1.29 is 0 Å². The fraction of sp³-hybridized carbons (Fsp3) is 0.529. The number of hydrogen-bond donors (Lipinski definition) is 0. The number of benzene rings is 1. The van der Waals surface area contributed by atoms with Gasteiger partial charge in [-0.1, -0.05) is 56.7 Å². The van der Waals surface area contributed by atoms with Gasteiger partial charge in [0.15, 0.2) is 0 Å². The zero-order chi connectivity index (χ0) is 12.1. The second kappa shape index (κ2) is 6.05. The van der Waals surface area contributed by atoms with Gasteiger partial charge in [0.25, 0.3) is 0 Å². The van der Waals surface area contributed by atoms with Crippen LogP contribution in [0.25, 0.3) is 5.57 Å². The Morgan fingerprint density at radius 1 is 1.18 bits per heavy atom. The van der Waals surface area contributed by atoms with Crippen molar-refractivity contribution in [2.24, 2.45) is 11.8 Å². The first-order valence-electron chi connectivity index (χ1n) is 7.02. The lowest BCUT2D eigenvalue weighted by atomic mass is 9.84. The highest BCUT2D eigenvalue weighted by molar-refractivity contribution is 5.66. The van der Waals surface area contributed by atoms with E-state index in [0.29, 0.717) is 0 Å². The summed E-state index contributed by atoms with van der Waals surface area (Å²) in [7, 11) is 0. The highest BCUT2D eigenvalue weighted by Crippen LogP contribution is 2.32. The monoisotopic (exact) mass is 228 g/mol. The first kappa shape index (κ1) is 12.4. The molecule has 0 heteroatoms. The highest BCUT2D eigenvalue weighted by atomic mass is 14.2. The molecule has 0 saturated carbocycles. The van der Waals surface area contributed by atoms with E-state index in [0.717, 1.165) is 11.8 Å². The van der Waals surface area contributed by atoms with Gasteiger partial charge in [-0.2, -0.15) is 0 Å². The molecule has 1 aromatic carbocycles. The molecular formula is C17H24. The van der Waals surface area contributed by atoms with E-state index in [1.165, 1.54) is 37.7 Å². The molecule has 0 amide bonds. The molecular weight excluding hydrogens is 204 g/mol. The van der Waals surface area contributed by atoms with Crippen LogP contribution in [0.5, 0.6) is 0 Å². The molecule has 0 aromatic heterocycles. The molecule has 1 aliphatic rings. The van der Waals surface area contributed by atoms with Crippen molar-refractivity contribution in [1.82, 2.24) is 0 Å². The maximum atomic E-state index is 2.54. The molecule has 2 rings (SSSR count). The third-order valence-electron chi connectivity index (χ3n) is 3.72. The first-order chi connectivity index (χ1) is 8.25. The van der Waals surface area contributed by atoms with Crippen molar-refractivity contribution >= 4 is 5.57 Å². The fourth-order valence-electron chi connectivity index (χ4n) is 2.67. The molecule has 0 heterocycles. The van der Waals surface area contributed by atoms with Crippen LogP contribution in [0.15, 0.2) is 36.4 Å². The first-order valence-corrected chi connectivity index (χ1v) is 7.02. The van der Waals surface area contributed by atoms with Crippen LogP contribution in [0.1, 0.15) is 51.5 Å². The minimum absolute atomic E-state index is 0.821. The van der Waals surface area contributed by atoms with Crippen molar-refractivity contribution in [3.8, 4) is 0 Å². The van der Waals surface area contributed by atoms with Gasteiger partial charge in [0.1, 0.15) is 0 Å². The van der Waals surface area contributed by atoms with Gasteiger partial charge in [0.05, 0.1) is 0 Å². The van der Waals surface area contributed by atoms with Crippen molar-refractivity contribution in [2.75, 3.05) is 0 Å². The Labute approximate surface area is 106 Å². The summed E-state index contributed by atoms with van der Waals surface area (Å²) in [6, 6.07) is 10.9. The molecule has 1 aliphatic carbocycles. The van der Waals surface area contributed by atoms with Crippen LogP contribution in [0.2, 0.25) is 0 Å². The van der Waals surface area contributed by atoms with Crippen molar-refractivity contribution in [1.29, 1.82) is 0 Å². The normalized spacial score (nSPS) is 20.4. The van der Waals surface area contributed by atoms with Crippen molar-refractivity contribution in [3.05, 3.63) is 42.0 Å². The summed E-state index contributed by atoms with van der Waals surface area (Å²) in [4.78, 5) is 0. The largest absolute Gasteiger partial charge is 0.0776 e. The number of allylic oxidation sites excluding steroid dienone is 2. The summed E-state index contributed by atoms with van der Waals surface area (Å²) in [6.45, 7) is 4.65. The summed E-state index contributed by atoms with van der Waals surface area (Å²) in [5.74, 6) is 1.66. The lowest BCUT2D eigenvalue weighted by molar-refractivity contribution is 0.445. The van der Waals surface area contributed by atoms with Crippen LogP contribution in [-0.4, -0.2) is 0 Å². The molecule has 0 bridgehead atoms. The minimum Gasteiger partial charge on any atom is -0.0776 e. The van der Waals surface area contributed by atoms with Crippen molar-refractivity contribution in [3.63, 3.8) is 0 Å². The number of rotatable bonds is 4. The van der Waals surface area contributed by atoms with Gasteiger partial charge in [0.2, 0.25) is 0 Å². The summed E-state index contributed by atoms with van der Waals surface area (Å²) < 4.78 is 0. The maximum Gasteiger partial charge on any atom is -0.0227 e. The third kappa shape index (κ3) is 3.73. The zero-order valence-electron chi connectivity index (χ0n) is 11.2. The summed E-state index contributed by atoms with van der Waals surface area (Å²) in [6.07, 6.45) is 9.30. The Kier molecular flexibility index (Phi) is 4.42. The summed E-state index contributed by atoms with van der Waals surface area (Å²) in [5, 5.41) is 0. The second-order valence-corrected chi connectivity index (χ2v) is 5.68. The van der Waals surface area contributed by atoms with E-state index in [2.05, 4.69) is 50.3 Å². The molecule has 0 saturated heterocycles. The second-order valence-electron chi connectivity index (χ2n) is 5.68. The predicted molar refractivity (Wildman–Crippen MR) is 75.8 cm³/mol. The molecule has 0 nitrogen and oxygen atoms in total. The Morgan fingerprint density at radius 3 is 2.65 bits per heavy atom. The maximum absolute atomic E-state index is 2.54. The van der Waals surface area contributed by atoms with Gasteiger partial charge in [-0.3, -0.25) is 0 Å².